The third-order valence-electron chi connectivity index (χ3n) is 5.89. The molecule has 2 atom stereocenters. The molecule has 1 aromatic carbocycles. The zero-order chi connectivity index (χ0) is 29.2. The van der Waals surface area contributed by atoms with Crippen molar-refractivity contribution in [2.45, 2.75) is 92.1 Å². The molecular weight excluding hydrogens is 506 g/mol. The number of benzene rings is 1. The molecule has 1 amide bonds. The topological polar surface area (TPSA) is 134 Å². The molecule has 0 spiro atoms. The number of unbranched alkanes of at least 4 members (excludes halogenated alkanes) is 4. The summed E-state index contributed by atoms with van der Waals surface area (Å²) in [6, 6.07) is 6.68. The highest BCUT2D eigenvalue weighted by molar-refractivity contribution is 5.88. The predicted octanol–water partition coefficient (Wildman–Crippen LogP) is 4.98. The van der Waals surface area contributed by atoms with Crippen LogP contribution in [0.25, 0.3) is 0 Å². The van der Waals surface area contributed by atoms with Crippen molar-refractivity contribution < 1.29 is 42.9 Å². The van der Waals surface area contributed by atoms with Gasteiger partial charge in [0, 0.05) is 32.9 Å². The Labute approximate surface area is 231 Å². The van der Waals surface area contributed by atoms with Crippen LogP contribution in [0.1, 0.15) is 86.0 Å². The second-order valence-electron chi connectivity index (χ2n) is 9.90. The Hall–Kier alpha value is -3.43. The highest BCUT2D eigenvalue weighted by Crippen LogP contribution is 2.20. The molecule has 1 rings (SSSR count). The van der Waals surface area contributed by atoms with Gasteiger partial charge in [-0.05, 0) is 36.6 Å². The zero-order valence-electron chi connectivity index (χ0n) is 23.8. The van der Waals surface area contributed by atoms with Gasteiger partial charge in [-0.2, -0.15) is 0 Å². The second-order valence-corrected chi connectivity index (χ2v) is 9.90. The Morgan fingerprint density at radius 3 is 1.85 bits per heavy atom. The van der Waals surface area contributed by atoms with Gasteiger partial charge in [0.1, 0.15) is 19.0 Å². The summed E-state index contributed by atoms with van der Waals surface area (Å²) >= 11 is 0. The minimum atomic E-state index is -0.826. The van der Waals surface area contributed by atoms with Gasteiger partial charge in [0.05, 0.1) is 5.92 Å². The van der Waals surface area contributed by atoms with Crippen LogP contribution in [0.2, 0.25) is 0 Å². The molecule has 0 saturated carbocycles. The molecule has 0 bridgehead atoms. The van der Waals surface area contributed by atoms with E-state index < -0.39 is 24.0 Å². The number of hydrogen-bond acceptors (Lipinski definition) is 9. The third kappa shape index (κ3) is 16.9. The number of amides is 1. The number of nitrogens with one attached hydrogen (secondary N) is 1. The molecule has 0 aliphatic carbocycles. The first-order chi connectivity index (χ1) is 18.5. The maximum absolute atomic E-state index is 12.3. The largest absolute Gasteiger partial charge is 0.462 e. The Morgan fingerprint density at radius 1 is 0.769 bits per heavy atom. The van der Waals surface area contributed by atoms with E-state index in [0.717, 1.165) is 44.9 Å². The lowest BCUT2D eigenvalue weighted by Crippen LogP contribution is -2.30. The van der Waals surface area contributed by atoms with Crippen molar-refractivity contribution in [1.29, 1.82) is 0 Å². The van der Waals surface area contributed by atoms with Gasteiger partial charge in [-0.3, -0.25) is 24.0 Å². The summed E-state index contributed by atoms with van der Waals surface area (Å²) in [5.74, 6) is -1.50. The third-order valence-corrected chi connectivity index (χ3v) is 5.89. The van der Waals surface area contributed by atoms with E-state index in [0.29, 0.717) is 11.4 Å². The lowest BCUT2D eigenvalue weighted by molar-refractivity contribution is -0.166. The van der Waals surface area contributed by atoms with Gasteiger partial charge in [-0.25, -0.2) is 0 Å². The van der Waals surface area contributed by atoms with E-state index in [9.17, 15) is 24.0 Å². The predicted molar refractivity (Wildman–Crippen MR) is 145 cm³/mol. The SMILES string of the molecule is CC(=O)Nc1ccc(OC(=O)C(C)CCCCCCCC(C)CC(=O)OC(COC(C)=O)COC(C)=O)cc1. The van der Waals surface area contributed by atoms with E-state index in [2.05, 4.69) is 5.32 Å². The average molecular weight is 550 g/mol. The average Bonchev–Trinajstić information content (AvgIpc) is 2.85. The van der Waals surface area contributed by atoms with E-state index in [1.165, 1.54) is 20.8 Å². The molecule has 0 aliphatic rings. The normalized spacial score (nSPS) is 12.3. The van der Waals surface area contributed by atoms with Crippen molar-refractivity contribution >= 4 is 35.5 Å². The van der Waals surface area contributed by atoms with E-state index in [1.54, 1.807) is 24.3 Å². The van der Waals surface area contributed by atoms with Crippen molar-refractivity contribution in [3.05, 3.63) is 24.3 Å². The summed E-state index contributed by atoms with van der Waals surface area (Å²) < 4.78 is 20.5. The standard InChI is InChI=1S/C29H43NO9/c1-20(17-28(34)38-27(18-36-23(4)32)19-37-24(5)33)11-9-7-6-8-10-12-21(2)29(35)39-26-15-13-25(14-16-26)30-22(3)31/h13-16,20-21,27H,6-12,17-19H2,1-5H3,(H,30,31). The van der Waals surface area contributed by atoms with E-state index in [4.69, 9.17) is 18.9 Å². The Balaban J connectivity index is 2.19. The number of hydrogen-bond donors (Lipinski definition) is 1. The number of carbonyl (C=O) groups is 5. The first-order valence-corrected chi connectivity index (χ1v) is 13.5. The van der Waals surface area contributed by atoms with Gasteiger partial charge in [0.2, 0.25) is 5.91 Å². The van der Waals surface area contributed by atoms with Crippen LogP contribution in [-0.2, 0) is 38.2 Å². The second kappa shape index (κ2) is 18.8. The highest BCUT2D eigenvalue weighted by atomic mass is 16.6. The quantitative estimate of drug-likeness (QED) is 0.116. The lowest BCUT2D eigenvalue weighted by Gasteiger charge is -2.18. The number of carbonyl (C=O) groups excluding carboxylic acids is 5. The van der Waals surface area contributed by atoms with Gasteiger partial charge in [0.15, 0.2) is 6.10 Å². The first-order valence-electron chi connectivity index (χ1n) is 13.5. The molecule has 10 heteroatoms. The Bertz CT molecular complexity index is 911. The lowest BCUT2D eigenvalue weighted by atomic mass is 9.98. The maximum atomic E-state index is 12.3. The molecular formula is C29H43NO9. The van der Waals surface area contributed by atoms with Crippen LogP contribution in [-0.4, -0.2) is 49.1 Å². The van der Waals surface area contributed by atoms with Gasteiger partial charge in [-0.15, -0.1) is 0 Å². The molecule has 10 nitrogen and oxygen atoms in total. The van der Waals surface area contributed by atoms with Crippen molar-refractivity contribution in [2.75, 3.05) is 18.5 Å². The van der Waals surface area contributed by atoms with Crippen LogP contribution in [0.15, 0.2) is 24.3 Å². The molecule has 39 heavy (non-hydrogen) atoms. The molecule has 0 aromatic heterocycles. The van der Waals surface area contributed by atoms with E-state index >= 15 is 0 Å². The molecule has 218 valence electrons. The molecule has 0 aliphatic heterocycles. The van der Waals surface area contributed by atoms with Gasteiger partial charge >= 0.3 is 23.9 Å². The number of anilines is 1. The maximum Gasteiger partial charge on any atom is 0.314 e. The van der Waals surface area contributed by atoms with Crippen LogP contribution in [0.3, 0.4) is 0 Å². The van der Waals surface area contributed by atoms with Crippen LogP contribution in [0.5, 0.6) is 5.75 Å². The summed E-state index contributed by atoms with van der Waals surface area (Å²) in [6.45, 7) is 7.45. The smallest absolute Gasteiger partial charge is 0.314 e. The van der Waals surface area contributed by atoms with Crippen LogP contribution >= 0.6 is 0 Å². The number of rotatable bonds is 18. The van der Waals surface area contributed by atoms with E-state index in [-0.39, 0.29) is 43.3 Å². The Kier molecular flexibility index (Phi) is 16.2. The minimum absolute atomic E-state index is 0.128. The molecule has 1 aromatic rings. The van der Waals surface area contributed by atoms with Crippen molar-refractivity contribution in [3.63, 3.8) is 0 Å². The Morgan fingerprint density at radius 2 is 1.31 bits per heavy atom. The van der Waals surface area contributed by atoms with Gasteiger partial charge in [-0.1, -0.05) is 52.4 Å². The van der Waals surface area contributed by atoms with Gasteiger partial charge in [0.25, 0.3) is 0 Å². The fourth-order valence-corrected chi connectivity index (χ4v) is 3.78. The fraction of sp³-hybridized carbons (Fsp3) is 0.621. The summed E-state index contributed by atoms with van der Waals surface area (Å²) in [5.41, 5.74) is 0.644. The van der Waals surface area contributed by atoms with Crippen molar-refractivity contribution in [2.24, 2.45) is 11.8 Å². The summed E-state index contributed by atoms with van der Waals surface area (Å²) in [4.78, 5) is 57.7. The minimum Gasteiger partial charge on any atom is -0.462 e. The van der Waals surface area contributed by atoms with Crippen LogP contribution in [0.4, 0.5) is 5.69 Å². The van der Waals surface area contributed by atoms with E-state index in [1.807, 2.05) is 13.8 Å². The highest BCUT2D eigenvalue weighted by Gasteiger charge is 2.20. The summed E-state index contributed by atoms with van der Waals surface area (Å²) in [6.07, 6.45) is 5.99. The van der Waals surface area contributed by atoms with Gasteiger partial charge < -0.3 is 24.3 Å². The molecule has 1 N–H and O–H groups in total. The zero-order valence-corrected chi connectivity index (χ0v) is 23.8. The van der Waals surface area contributed by atoms with Crippen molar-refractivity contribution in [3.8, 4) is 5.75 Å². The molecule has 2 unspecified atom stereocenters. The summed E-state index contributed by atoms with van der Waals surface area (Å²) in [7, 11) is 0. The van der Waals surface area contributed by atoms with Crippen LogP contribution in [0, 0.1) is 11.8 Å². The molecule has 0 radical (unpaired) electrons. The first kappa shape index (κ1) is 33.6. The monoisotopic (exact) mass is 549 g/mol. The van der Waals surface area contributed by atoms with Crippen molar-refractivity contribution in [1.82, 2.24) is 0 Å². The number of ether oxygens (including phenoxy) is 4. The molecule has 0 saturated heterocycles. The summed E-state index contributed by atoms with van der Waals surface area (Å²) in [5, 5.41) is 2.67. The molecule has 0 heterocycles. The van der Waals surface area contributed by atoms with Crippen LogP contribution < -0.4 is 10.1 Å². The fourth-order valence-electron chi connectivity index (χ4n) is 3.78. The number of esters is 4. The molecule has 0 fully saturated rings.